The number of nitrogens with zero attached hydrogens (tertiary/aromatic N) is 1. The summed E-state index contributed by atoms with van der Waals surface area (Å²) in [6.07, 6.45) is 0. The zero-order valence-electron chi connectivity index (χ0n) is 10.9. The summed E-state index contributed by atoms with van der Waals surface area (Å²) >= 11 is 3.33. The predicted octanol–water partition coefficient (Wildman–Crippen LogP) is 2.77. The third-order valence-electron chi connectivity index (χ3n) is 2.40. The number of nitrogens with one attached hydrogen (secondary N) is 1. The van der Waals surface area contributed by atoms with Crippen LogP contribution >= 0.6 is 33.9 Å². The van der Waals surface area contributed by atoms with Crippen molar-refractivity contribution >= 4 is 50.9 Å². The number of ether oxygens (including phenoxy) is 1. The van der Waals surface area contributed by atoms with Crippen LogP contribution in [0.4, 0.5) is 5.13 Å². The number of aryl methyl sites for hydroxylation is 1. The van der Waals surface area contributed by atoms with Crippen LogP contribution in [-0.4, -0.2) is 28.6 Å². The van der Waals surface area contributed by atoms with Crippen LogP contribution in [0.2, 0.25) is 0 Å². The molecular formula is C13H11IN2O4S. The maximum atomic E-state index is 11.7. The van der Waals surface area contributed by atoms with Crippen LogP contribution in [0.3, 0.4) is 0 Å². The van der Waals surface area contributed by atoms with E-state index in [1.807, 2.05) is 34.9 Å². The van der Waals surface area contributed by atoms with Crippen LogP contribution in [0.25, 0.3) is 0 Å². The highest BCUT2D eigenvalue weighted by Crippen LogP contribution is 2.21. The van der Waals surface area contributed by atoms with E-state index >= 15 is 0 Å². The molecule has 0 aliphatic heterocycles. The van der Waals surface area contributed by atoms with Gasteiger partial charge in [-0.25, -0.2) is 9.78 Å². The normalized spacial score (nSPS) is 10.2. The summed E-state index contributed by atoms with van der Waals surface area (Å²) in [4.78, 5) is 26.9. The van der Waals surface area contributed by atoms with Gasteiger partial charge in [-0.1, -0.05) is 0 Å². The van der Waals surface area contributed by atoms with Crippen LogP contribution < -0.4 is 10.1 Å². The number of aromatic nitrogens is 1. The molecule has 6 nitrogen and oxygen atoms in total. The SMILES string of the molecule is Cc1csc(NC(=O)COc2ccc(I)cc2C(=O)O)n1. The smallest absolute Gasteiger partial charge is 0.339 e. The van der Waals surface area contributed by atoms with Gasteiger partial charge in [0.15, 0.2) is 11.7 Å². The van der Waals surface area contributed by atoms with E-state index in [1.54, 1.807) is 6.07 Å². The largest absolute Gasteiger partial charge is 0.483 e. The molecule has 1 heterocycles. The van der Waals surface area contributed by atoms with E-state index in [-0.39, 0.29) is 23.8 Å². The summed E-state index contributed by atoms with van der Waals surface area (Å²) < 4.78 is 6.05. The lowest BCUT2D eigenvalue weighted by Crippen LogP contribution is -2.20. The van der Waals surface area contributed by atoms with Crippen molar-refractivity contribution in [3.05, 3.63) is 38.4 Å². The summed E-state index contributed by atoms with van der Waals surface area (Å²) in [6, 6.07) is 4.73. The molecule has 0 spiro atoms. The number of benzene rings is 1. The Morgan fingerprint density at radius 2 is 2.24 bits per heavy atom. The number of thiazole rings is 1. The quantitative estimate of drug-likeness (QED) is 0.730. The molecule has 0 radical (unpaired) electrons. The lowest BCUT2D eigenvalue weighted by molar-refractivity contribution is -0.118. The molecule has 0 atom stereocenters. The number of hydrogen-bond donors (Lipinski definition) is 2. The number of carbonyl (C=O) groups excluding carboxylic acids is 1. The molecule has 0 saturated carbocycles. The number of aromatic carboxylic acids is 1. The number of rotatable bonds is 5. The number of carboxylic acids is 1. The molecular weight excluding hydrogens is 407 g/mol. The van der Waals surface area contributed by atoms with Crippen molar-refractivity contribution in [2.45, 2.75) is 6.92 Å². The van der Waals surface area contributed by atoms with E-state index in [2.05, 4.69) is 10.3 Å². The second-order valence-corrected chi connectivity index (χ2v) is 6.18. The zero-order chi connectivity index (χ0) is 15.4. The number of anilines is 1. The van der Waals surface area contributed by atoms with Crippen LogP contribution in [0.5, 0.6) is 5.75 Å². The van der Waals surface area contributed by atoms with Crippen molar-refractivity contribution in [1.29, 1.82) is 0 Å². The van der Waals surface area contributed by atoms with Gasteiger partial charge >= 0.3 is 5.97 Å². The van der Waals surface area contributed by atoms with E-state index in [0.717, 1.165) is 9.26 Å². The van der Waals surface area contributed by atoms with E-state index < -0.39 is 5.97 Å². The third kappa shape index (κ3) is 4.39. The first-order valence-corrected chi connectivity index (χ1v) is 7.79. The fourth-order valence-electron chi connectivity index (χ4n) is 1.51. The van der Waals surface area contributed by atoms with Crippen molar-refractivity contribution in [3.63, 3.8) is 0 Å². The summed E-state index contributed by atoms with van der Waals surface area (Å²) in [5.74, 6) is -1.33. The van der Waals surface area contributed by atoms with Crippen LogP contribution in [0.1, 0.15) is 16.1 Å². The van der Waals surface area contributed by atoms with E-state index in [4.69, 9.17) is 9.84 Å². The Morgan fingerprint density at radius 3 is 2.86 bits per heavy atom. The highest BCUT2D eigenvalue weighted by atomic mass is 127. The van der Waals surface area contributed by atoms with Crippen LogP contribution in [0.15, 0.2) is 23.6 Å². The predicted molar refractivity (Wildman–Crippen MR) is 87.1 cm³/mol. The maximum Gasteiger partial charge on any atom is 0.339 e. The van der Waals surface area contributed by atoms with Gasteiger partial charge in [-0.2, -0.15) is 0 Å². The molecule has 0 fully saturated rings. The van der Waals surface area contributed by atoms with Gasteiger partial charge in [-0.05, 0) is 47.7 Å². The van der Waals surface area contributed by atoms with Gasteiger partial charge in [0.25, 0.3) is 5.91 Å². The van der Waals surface area contributed by atoms with E-state index in [0.29, 0.717) is 5.13 Å². The van der Waals surface area contributed by atoms with Crippen molar-refractivity contribution in [2.24, 2.45) is 0 Å². The molecule has 2 rings (SSSR count). The molecule has 8 heteroatoms. The van der Waals surface area contributed by atoms with Crippen LogP contribution in [0, 0.1) is 10.5 Å². The van der Waals surface area contributed by atoms with Gasteiger partial charge < -0.3 is 9.84 Å². The number of carboxylic acid groups (broad SMARTS) is 1. The number of carbonyl (C=O) groups is 2. The van der Waals surface area contributed by atoms with Crippen molar-refractivity contribution < 1.29 is 19.4 Å². The number of halogens is 1. The van der Waals surface area contributed by atoms with Gasteiger partial charge in [0.1, 0.15) is 11.3 Å². The summed E-state index contributed by atoms with van der Waals surface area (Å²) in [6.45, 7) is 1.55. The molecule has 0 unspecified atom stereocenters. The lowest BCUT2D eigenvalue weighted by atomic mass is 10.2. The molecule has 0 saturated heterocycles. The Kier molecular flexibility index (Phi) is 5.12. The minimum Gasteiger partial charge on any atom is -0.483 e. The Morgan fingerprint density at radius 1 is 1.48 bits per heavy atom. The molecule has 0 bridgehead atoms. The maximum absolute atomic E-state index is 11.7. The van der Waals surface area contributed by atoms with Gasteiger partial charge in [-0.15, -0.1) is 11.3 Å². The van der Waals surface area contributed by atoms with Crippen LogP contribution in [-0.2, 0) is 4.79 Å². The number of hydrogen-bond acceptors (Lipinski definition) is 5. The molecule has 1 amide bonds. The minimum absolute atomic E-state index is 0.0276. The van der Waals surface area contributed by atoms with E-state index in [9.17, 15) is 9.59 Å². The van der Waals surface area contributed by atoms with Gasteiger partial charge in [-0.3, -0.25) is 10.1 Å². The average molecular weight is 418 g/mol. The zero-order valence-corrected chi connectivity index (χ0v) is 13.9. The Bertz CT molecular complexity index is 687. The fourth-order valence-corrected chi connectivity index (χ4v) is 2.70. The lowest BCUT2D eigenvalue weighted by Gasteiger charge is -2.09. The summed E-state index contributed by atoms with van der Waals surface area (Å²) in [7, 11) is 0. The monoisotopic (exact) mass is 418 g/mol. The molecule has 0 aliphatic carbocycles. The molecule has 21 heavy (non-hydrogen) atoms. The first-order chi connectivity index (χ1) is 9.95. The Balaban J connectivity index is 1.99. The number of amides is 1. The highest BCUT2D eigenvalue weighted by molar-refractivity contribution is 14.1. The summed E-state index contributed by atoms with van der Waals surface area (Å²) in [5.41, 5.74) is 0.849. The summed E-state index contributed by atoms with van der Waals surface area (Å²) in [5, 5.41) is 14.0. The molecule has 2 N–H and O–H groups in total. The van der Waals surface area contributed by atoms with Gasteiger partial charge in [0, 0.05) is 8.95 Å². The van der Waals surface area contributed by atoms with E-state index in [1.165, 1.54) is 23.5 Å². The van der Waals surface area contributed by atoms with Crippen molar-refractivity contribution in [2.75, 3.05) is 11.9 Å². The standard InChI is InChI=1S/C13H11IN2O4S/c1-7-6-21-13(15-7)16-11(17)5-20-10-3-2-8(14)4-9(10)12(18)19/h2-4,6H,5H2,1H3,(H,18,19)(H,15,16,17). The third-order valence-corrected chi connectivity index (χ3v) is 3.94. The second-order valence-electron chi connectivity index (χ2n) is 4.08. The second kappa shape index (κ2) is 6.85. The first-order valence-electron chi connectivity index (χ1n) is 5.83. The molecule has 2 aromatic rings. The molecule has 1 aromatic carbocycles. The first kappa shape index (κ1) is 15.7. The fraction of sp³-hybridized carbons (Fsp3) is 0.154. The minimum atomic E-state index is -1.10. The van der Waals surface area contributed by atoms with Gasteiger partial charge in [0.05, 0.1) is 5.69 Å². The van der Waals surface area contributed by atoms with Crippen molar-refractivity contribution in [3.8, 4) is 5.75 Å². The highest BCUT2D eigenvalue weighted by Gasteiger charge is 2.13. The Hall–Kier alpha value is -1.68. The van der Waals surface area contributed by atoms with Crippen molar-refractivity contribution in [1.82, 2.24) is 4.98 Å². The molecule has 1 aromatic heterocycles. The average Bonchev–Trinajstić information content (AvgIpc) is 2.82. The molecule has 110 valence electrons. The van der Waals surface area contributed by atoms with Gasteiger partial charge in [0.2, 0.25) is 0 Å². The topological polar surface area (TPSA) is 88.5 Å². The molecule has 0 aliphatic rings. The Labute approximate surface area is 138 Å².